The average molecular weight is 669 g/mol. The van der Waals surface area contributed by atoms with Crippen LogP contribution < -0.4 is 9.62 Å². The standard InChI is InChI=1S/C29H32BrCl2N3O4S/c1-4-5-15-33-29(37)21(3)34(18-22-11-12-24(31)17-27(22)32)28(36)19-35(25-8-6-7-23(30)16-25)40(38,39)26-13-9-20(2)10-14-26/h6-14,16-17,21H,4-5,15,18-19H2,1-3H3,(H,33,37)/t21-/m0/s1. The van der Waals surface area contributed by atoms with E-state index in [0.717, 1.165) is 22.7 Å². The maximum absolute atomic E-state index is 14.0. The number of halogens is 3. The van der Waals surface area contributed by atoms with E-state index in [4.69, 9.17) is 23.2 Å². The maximum Gasteiger partial charge on any atom is 0.264 e. The van der Waals surface area contributed by atoms with Crippen LogP contribution in [0.3, 0.4) is 0 Å². The van der Waals surface area contributed by atoms with Crippen LogP contribution in [0.15, 0.2) is 76.1 Å². The summed E-state index contributed by atoms with van der Waals surface area (Å²) in [5.74, 6) is -0.915. The quantitative estimate of drug-likeness (QED) is 0.221. The van der Waals surface area contributed by atoms with Crippen molar-refractivity contribution < 1.29 is 18.0 Å². The zero-order valence-corrected chi connectivity index (χ0v) is 26.4. The molecule has 0 saturated heterocycles. The minimum Gasteiger partial charge on any atom is -0.354 e. The van der Waals surface area contributed by atoms with Crippen LogP contribution in [0.1, 0.15) is 37.8 Å². The second-order valence-electron chi connectivity index (χ2n) is 9.38. The molecule has 3 aromatic rings. The van der Waals surface area contributed by atoms with Crippen molar-refractivity contribution in [2.24, 2.45) is 0 Å². The van der Waals surface area contributed by atoms with Crippen LogP contribution in [0.25, 0.3) is 0 Å². The van der Waals surface area contributed by atoms with Gasteiger partial charge in [-0.15, -0.1) is 0 Å². The Morgan fingerprint density at radius 2 is 1.73 bits per heavy atom. The van der Waals surface area contributed by atoms with E-state index < -0.39 is 28.5 Å². The summed E-state index contributed by atoms with van der Waals surface area (Å²) >= 11 is 15.9. The molecule has 11 heteroatoms. The number of aryl methyl sites for hydroxylation is 1. The Kier molecular flexibility index (Phi) is 11.5. The lowest BCUT2D eigenvalue weighted by atomic mass is 10.1. The number of rotatable bonds is 12. The molecule has 0 heterocycles. The lowest BCUT2D eigenvalue weighted by Gasteiger charge is -2.32. The van der Waals surface area contributed by atoms with Crippen molar-refractivity contribution in [2.45, 2.75) is 51.1 Å². The van der Waals surface area contributed by atoms with E-state index in [2.05, 4.69) is 21.2 Å². The van der Waals surface area contributed by atoms with E-state index in [9.17, 15) is 18.0 Å². The number of benzene rings is 3. The van der Waals surface area contributed by atoms with Crippen molar-refractivity contribution in [3.05, 3.63) is 92.4 Å². The molecule has 7 nitrogen and oxygen atoms in total. The lowest BCUT2D eigenvalue weighted by molar-refractivity contribution is -0.139. The molecule has 1 N–H and O–H groups in total. The van der Waals surface area contributed by atoms with Gasteiger partial charge in [-0.25, -0.2) is 8.42 Å². The highest BCUT2D eigenvalue weighted by Gasteiger charge is 2.32. The molecule has 2 amide bonds. The van der Waals surface area contributed by atoms with Crippen LogP contribution in [0.5, 0.6) is 0 Å². The molecule has 0 radical (unpaired) electrons. The Balaban J connectivity index is 2.02. The van der Waals surface area contributed by atoms with Gasteiger partial charge in [0.05, 0.1) is 10.6 Å². The van der Waals surface area contributed by atoms with Gasteiger partial charge in [-0.3, -0.25) is 13.9 Å². The van der Waals surface area contributed by atoms with Crippen molar-refractivity contribution in [3.8, 4) is 0 Å². The topological polar surface area (TPSA) is 86.8 Å². The number of nitrogens with one attached hydrogen (secondary N) is 1. The average Bonchev–Trinajstić information content (AvgIpc) is 2.91. The molecule has 0 aromatic heterocycles. The van der Waals surface area contributed by atoms with Gasteiger partial charge in [-0.05, 0) is 68.3 Å². The van der Waals surface area contributed by atoms with Crippen molar-refractivity contribution in [1.29, 1.82) is 0 Å². The Labute approximate surface area is 254 Å². The summed E-state index contributed by atoms with van der Waals surface area (Å²) in [4.78, 5) is 28.4. The molecule has 0 aliphatic rings. The van der Waals surface area contributed by atoms with Crippen LogP contribution >= 0.6 is 39.1 Å². The van der Waals surface area contributed by atoms with E-state index in [0.29, 0.717) is 32.3 Å². The van der Waals surface area contributed by atoms with Crippen molar-refractivity contribution in [1.82, 2.24) is 10.2 Å². The monoisotopic (exact) mass is 667 g/mol. The zero-order chi connectivity index (χ0) is 29.4. The van der Waals surface area contributed by atoms with E-state index in [1.807, 2.05) is 13.8 Å². The third-order valence-corrected chi connectivity index (χ3v) is 9.20. The molecule has 0 unspecified atom stereocenters. The number of hydrogen-bond donors (Lipinski definition) is 1. The van der Waals surface area contributed by atoms with E-state index in [-0.39, 0.29) is 17.3 Å². The Bertz CT molecular complexity index is 1450. The molecule has 0 aliphatic carbocycles. The highest BCUT2D eigenvalue weighted by atomic mass is 79.9. The first-order chi connectivity index (χ1) is 18.9. The van der Waals surface area contributed by atoms with Gasteiger partial charge in [0.15, 0.2) is 0 Å². The molecule has 40 heavy (non-hydrogen) atoms. The fourth-order valence-electron chi connectivity index (χ4n) is 3.95. The largest absolute Gasteiger partial charge is 0.354 e. The molecular weight excluding hydrogens is 637 g/mol. The normalized spacial score (nSPS) is 12.1. The van der Waals surface area contributed by atoms with Crippen molar-refractivity contribution in [2.75, 3.05) is 17.4 Å². The van der Waals surface area contributed by atoms with Crippen LogP contribution in [0.2, 0.25) is 10.0 Å². The second kappa shape index (κ2) is 14.3. The number of anilines is 1. The van der Waals surface area contributed by atoms with Gasteiger partial charge in [0.25, 0.3) is 10.0 Å². The van der Waals surface area contributed by atoms with Crippen LogP contribution in [0, 0.1) is 6.92 Å². The summed E-state index contributed by atoms with van der Waals surface area (Å²) in [5, 5.41) is 3.62. The predicted octanol–water partition coefficient (Wildman–Crippen LogP) is 6.59. The number of carbonyl (C=O) groups excluding carboxylic acids is 2. The second-order valence-corrected chi connectivity index (χ2v) is 13.0. The zero-order valence-electron chi connectivity index (χ0n) is 22.5. The number of amides is 2. The summed E-state index contributed by atoms with van der Waals surface area (Å²) in [6.45, 7) is 5.40. The third-order valence-electron chi connectivity index (χ3n) is 6.34. The maximum atomic E-state index is 14.0. The van der Waals surface area contributed by atoms with Gasteiger partial charge in [-0.1, -0.05) is 82.3 Å². The molecule has 0 fully saturated rings. The van der Waals surface area contributed by atoms with Gasteiger partial charge in [-0.2, -0.15) is 0 Å². The molecule has 1 atom stereocenters. The van der Waals surface area contributed by atoms with E-state index >= 15 is 0 Å². The fourth-order valence-corrected chi connectivity index (χ4v) is 6.21. The Morgan fingerprint density at radius 3 is 2.35 bits per heavy atom. The molecule has 3 aromatic carbocycles. The van der Waals surface area contributed by atoms with Crippen LogP contribution in [-0.4, -0.2) is 44.3 Å². The third kappa shape index (κ3) is 8.22. The molecule has 0 aliphatic heterocycles. The Hall–Kier alpha value is -2.59. The number of carbonyl (C=O) groups is 2. The minimum atomic E-state index is -4.15. The molecule has 0 spiro atoms. The van der Waals surface area contributed by atoms with Gasteiger partial charge in [0, 0.05) is 27.6 Å². The first kappa shape index (κ1) is 31.9. The smallest absolute Gasteiger partial charge is 0.264 e. The summed E-state index contributed by atoms with van der Waals surface area (Å²) in [5.41, 5.74) is 1.77. The Morgan fingerprint density at radius 1 is 1.02 bits per heavy atom. The summed E-state index contributed by atoms with van der Waals surface area (Å²) in [6.07, 6.45) is 1.69. The molecule has 3 rings (SSSR count). The van der Waals surface area contributed by atoms with Crippen molar-refractivity contribution in [3.63, 3.8) is 0 Å². The van der Waals surface area contributed by atoms with E-state index in [1.165, 1.54) is 17.0 Å². The van der Waals surface area contributed by atoms with Gasteiger partial charge >= 0.3 is 0 Å². The van der Waals surface area contributed by atoms with E-state index in [1.54, 1.807) is 61.5 Å². The minimum absolute atomic E-state index is 0.0197. The first-order valence-corrected chi connectivity index (χ1v) is 15.8. The summed E-state index contributed by atoms with van der Waals surface area (Å²) in [6, 6.07) is 17.1. The fraction of sp³-hybridized carbons (Fsp3) is 0.310. The van der Waals surface area contributed by atoms with Crippen molar-refractivity contribution >= 4 is 66.7 Å². The number of nitrogens with zero attached hydrogens (tertiary/aromatic N) is 2. The van der Waals surface area contributed by atoms with Gasteiger partial charge in [0.1, 0.15) is 12.6 Å². The van der Waals surface area contributed by atoms with Crippen LogP contribution in [0.4, 0.5) is 5.69 Å². The number of unbranched alkanes of at least 4 members (excludes halogenated alkanes) is 1. The highest BCUT2D eigenvalue weighted by Crippen LogP contribution is 2.28. The summed E-state index contributed by atoms with van der Waals surface area (Å²) in [7, 11) is -4.15. The molecule has 0 saturated carbocycles. The number of sulfonamides is 1. The molecular formula is C29H32BrCl2N3O4S. The van der Waals surface area contributed by atoms with Gasteiger partial charge in [0.2, 0.25) is 11.8 Å². The predicted molar refractivity (Wildman–Crippen MR) is 164 cm³/mol. The molecule has 214 valence electrons. The number of hydrogen-bond acceptors (Lipinski definition) is 4. The summed E-state index contributed by atoms with van der Waals surface area (Å²) < 4.78 is 29.4. The first-order valence-electron chi connectivity index (χ1n) is 12.8. The highest BCUT2D eigenvalue weighted by molar-refractivity contribution is 9.10. The SMILES string of the molecule is CCCCNC(=O)[C@H](C)N(Cc1ccc(Cl)cc1Cl)C(=O)CN(c1cccc(Br)c1)S(=O)(=O)c1ccc(C)cc1. The molecule has 0 bridgehead atoms. The lowest BCUT2D eigenvalue weighted by Crippen LogP contribution is -2.51. The van der Waals surface area contributed by atoms with Gasteiger partial charge < -0.3 is 10.2 Å². The van der Waals surface area contributed by atoms with Crippen LogP contribution in [-0.2, 0) is 26.2 Å².